The van der Waals surface area contributed by atoms with Crippen molar-refractivity contribution < 1.29 is 4.74 Å². The third-order valence-electron chi connectivity index (χ3n) is 4.97. The topological polar surface area (TPSA) is 62.3 Å². The van der Waals surface area contributed by atoms with Crippen LogP contribution in [0.1, 0.15) is 17.0 Å². The molecule has 2 aromatic rings. The summed E-state index contributed by atoms with van der Waals surface area (Å²) in [5.74, 6) is 0.831. The lowest BCUT2D eigenvalue weighted by Crippen LogP contribution is -2.35. The number of nitrogens with zero attached hydrogens (tertiary/aromatic N) is 2. The van der Waals surface area contributed by atoms with Gasteiger partial charge in [-0.15, -0.1) is 0 Å². The van der Waals surface area contributed by atoms with E-state index >= 15 is 0 Å². The van der Waals surface area contributed by atoms with Crippen molar-refractivity contribution in [1.82, 2.24) is 4.90 Å². The van der Waals surface area contributed by atoms with Gasteiger partial charge in [0.05, 0.1) is 5.92 Å². The fourth-order valence-electron chi connectivity index (χ4n) is 3.82. The summed E-state index contributed by atoms with van der Waals surface area (Å²) in [4.78, 5) is 2.24. The van der Waals surface area contributed by atoms with Crippen LogP contribution in [0.5, 0.6) is 0 Å². The molecule has 27 heavy (non-hydrogen) atoms. The van der Waals surface area contributed by atoms with Crippen LogP contribution in [0.25, 0.3) is 6.08 Å². The van der Waals surface area contributed by atoms with Gasteiger partial charge in [0.1, 0.15) is 17.4 Å². The van der Waals surface area contributed by atoms with E-state index in [0.717, 1.165) is 41.1 Å². The molecule has 2 aliphatic heterocycles. The van der Waals surface area contributed by atoms with Crippen LogP contribution < -0.4 is 5.73 Å². The first-order chi connectivity index (χ1) is 13.2. The molecule has 2 aromatic carbocycles. The van der Waals surface area contributed by atoms with Gasteiger partial charge in [0, 0.05) is 18.7 Å². The van der Waals surface area contributed by atoms with Crippen LogP contribution in [0.3, 0.4) is 0 Å². The predicted molar refractivity (Wildman–Crippen MR) is 106 cm³/mol. The molecule has 0 fully saturated rings. The number of likely N-dealkylation sites (N-methyl/N-ethyl adjacent to an activating group) is 1. The van der Waals surface area contributed by atoms with Crippen LogP contribution in [0.15, 0.2) is 89.0 Å². The summed E-state index contributed by atoms with van der Waals surface area (Å²) in [5, 5.41) is 9.73. The minimum Gasteiger partial charge on any atom is -0.440 e. The largest absolute Gasteiger partial charge is 0.440 e. The zero-order chi connectivity index (χ0) is 18.8. The molecule has 0 saturated carbocycles. The SMILES string of the molecule is CN1CC2=C(OC(N)=C(C#N)[C@H]2c2ccccc2)/C(=C/c2ccccc2)C1. The van der Waals surface area contributed by atoms with Crippen LogP contribution in [-0.2, 0) is 4.74 Å². The fourth-order valence-corrected chi connectivity index (χ4v) is 3.82. The fraction of sp³-hybridized carbons (Fsp3) is 0.174. The van der Waals surface area contributed by atoms with E-state index in [-0.39, 0.29) is 11.8 Å². The molecule has 1 atom stereocenters. The highest BCUT2D eigenvalue weighted by molar-refractivity contribution is 5.62. The first-order valence-corrected chi connectivity index (χ1v) is 8.97. The molecule has 0 spiro atoms. The highest BCUT2D eigenvalue weighted by atomic mass is 16.5. The molecule has 0 saturated heterocycles. The molecular formula is C23H21N3O. The number of nitrogens with two attached hydrogens (primary N) is 1. The Bertz CT molecular complexity index is 981. The number of ether oxygens (including phenoxy) is 1. The third-order valence-corrected chi connectivity index (χ3v) is 4.97. The maximum absolute atomic E-state index is 9.73. The molecule has 2 heterocycles. The summed E-state index contributed by atoms with van der Waals surface area (Å²) in [6.07, 6.45) is 2.14. The van der Waals surface area contributed by atoms with Gasteiger partial charge in [-0.2, -0.15) is 5.26 Å². The zero-order valence-electron chi connectivity index (χ0n) is 15.2. The average Bonchev–Trinajstić information content (AvgIpc) is 2.69. The van der Waals surface area contributed by atoms with Crippen LogP contribution in [0.4, 0.5) is 0 Å². The van der Waals surface area contributed by atoms with Crippen LogP contribution >= 0.6 is 0 Å². The molecule has 0 bridgehead atoms. The van der Waals surface area contributed by atoms with Crippen molar-refractivity contribution in [2.45, 2.75) is 5.92 Å². The average molecular weight is 355 g/mol. The van der Waals surface area contributed by atoms with Crippen LogP contribution in [0.2, 0.25) is 0 Å². The van der Waals surface area contributed by atoms with Gasteiger partial charge in [-0.3, -0.25) is 4.90 Å². The first-order valence-electron chi connectivity index (χ1n) is 8.97. The molecule has 2 aliphatic rings. The van der Waals surface area contributed by atoms with Crippen molar-refractivity contribution in [3.8, 4) is 6.07 Å². The molecule has 0 aliphatic carbocycles. The van der Waals surface area contributed by atoms with Crippen molar-refractivity contribution in [3.63, 3.8) is 0 Å². The lowest BCUT2D eigenvalue weighted by atomic mass is 9.80. The van der Waals surface area contributed by atoms with E-state index in [1.54, 1.807) is 0 Å². The van der Waals surface area contributed by atoms with E-state index < -0.39 is 0 Å². The Hall–Kier alpha value is -3.29. The van der Waals surface area contributed by atoms with Gasteiger partial charge in [-0.1, -0.05) is 60.7 Å². The molecule has 4 nitrogen and oxygen atoms in total. The maximum atomic E-state index is 9.73. The Morgan fingerprint density at radius 3 is 2.41 bits per heavy atom. The van der Waals surface area contributed by atoms with E-state index in [1.807, 2.05) is 48.5 Å². The molecule has 4 heteroatoms. The number of benzene rings is 2. The highest BCUT2D eigenvalue weighted by Gasteiger charge is 2.36. The molecule has 2 N–H and O–H groups in total. The molecule has 0 radical (unpaired) electrons. The number of rotatable bonds is 2. The smallest absolute Gasteiger partial charge is 0.205 e. The van der Waals surface area contributed by atoms with E-state index in [0.29, 0.717) is 5.57 Å². The molecule has 4 rings (SSSR count). The molecule has 0 amide bonds. The third kappa shape index (κ3) is 3.25. The summed E-state index contributed by atoms with van der Waals surface area (Å²) in [6.45, 7) is 1.50. The molecule has 0 aromatic heterocycles. The molecular weight excluding hydrogens is 334 g/mol. The van der Waals surface area contributed by atoms with E-state index in [4.69, 9.17) is 10.5 Å². The minimum atomic E-state index is -0.179. The standard InChI is InChI=1S/C23H21N3O/c1-26-14-18(12-16-8-4-2-5-9-16)22-20(15-26)21(17-10-6-3-7-11-17)19(13-24)23(25)27-22/h2-12,21H,14-15,25H2,1H3/b18-12+/t21-/m1/s1. The number of nitriles is 1. The summed E-state index contributed by atoms with van der Waals surface area (Å²) in [6, 6.07) is 22.5. The summed E-state index contributed by atoms with van der Waals surface area (Å²) in [5.41, 5.74) is 11.0. The second kappa shape index (κ2) is 7.14. The summed E-state index contributed by atoms with van der Waals surface area (Å²) in [7, 11) is 2.08. The monoisotopic (exact) mass is 355 g/mol. The summed E-state index contributed by atoms with van der Waals surface area (Å²) < 4.78 is 6.00. The van der Waals surface area contributed by atoms with E-state index in [1.165, 1.54) is 0 Å². The van der Waals surface area contributed by atoms with Crippen molar-refractivity contribution in [2.24, 2.45) is 5.73 Å². The van der Waals surface area contributed by atoms with Gasteiger partial charge in [-0.25, -0.2) is 0 Å². The van der Waals surface area contributed by atoms with Crippen molar-refractivity contribution in [1.29, 1.82) is 5.26 Å². The normalized spacial score (nSPS) is 21.6. The van der Waals surface area contributed by atoms with Crippen LogP contribution in [-0.4, -0.2) is 25.0 Å². The number of hydrogen-bond donors (Lipinski definition) is 1. The van der Waals surface area contributed by atoms with E-state index in [9.17, 15) is 5.26 Å². The van der Waals surface area contributed by atoms with Gasteiger partial charge >= 0.3 is 0 Å². The maximum Gasteiger partial charge on any atom is 0.205 e. The van der Waals surface area contributed by atoms with Gasteiger partial charge in [0.15, 0.2) is 0 Å². The highest BCUT2D eigenvalue weighted by Crippen LogP contribution is 2.43. The second-order valence-electron chi connectivity index (χ2n) is 6.94. The van der Waals surface area contributed by atoms with Crippen molar-refractivity contribution >= 4 is 6.08 Å². The molecule has 0 unspecified atom stereocenters. The van der Waals surface area contributed by atoms with Gasteiger partial charge < -0.3 is 10.5 Å². The Balaban J connectivity index is 1.87. The zero-order valence-corrected chi connectivity index (χ0v) is 15.2. The Morgan fingerprint density at radius 2 is 1.74 bits per heavy atom. The van der Waals surface area contributed by atoms with E-state index in [2.05, 4.69) is 36.2 Å². The first kappa shape index (κ1) is 17.1. The Labute approximate surface area is 159 Å². The lowest BCUT2D eigenvalue weighted by Gasteiger charge is -2.36. The number of hydrogen-bond acceptors (Lipinski definition) is 4. The van der Waals surface area contributed by atoms with Gasteiger partial charge in [-0.05, 0) is 29.8 Å². The van der Waals surface area contributed by atoms with Crippen molar-refractivity contribution in [2.75, 3.05) is 20.1 Å². The predicted octanol–water partition coefficient (Wildman–Crippen LogP) is 3.78. The number of allylic oxidation sites excluding steroid dienone is 1. The van der Waals surface area contributed by atoms with Gasteiger partial charge in [0.2, 0.25) is 5.88 Å². The quantitative estimate of drug-likeness (QED) is 0.890. The minimum absolute atomic E-state index is 0.179. The van der Waals surface area contributed by atoms with Crippen molar-refractivity contribution in [3.05, 3.63) is 100 Å². The van der Waals surface area contributed by atoms with Gasteiger partial charge in [0.25, 0.3) is 0 Å². The summed E-state index contributed by atoms with van der Waals surface area (Å²) >= 11 is 0. The molecule has 134 valence electrons. The lowest BCUT2D eigenvalue weighted by molar-refractivity contribution is 0.251. The van der Waals surface area contributed by atoms with Crippen LogP contribution in [0, 0.1) is 11.3 Å². The second-order valence-corrected chi connectivity index (χ2v) is 6.94. The Morgan fingerprint density at radius 1 is 1.07 bits per heavy atom. The Kier molecular flexibility index (Phi) is 4.53.